The molecule has 0 bridgehead atoms. The van der Waals surface area contributed by atoms with Gasteiger partial charge in [0.05, 0.1) is 19.1 Å². The van der Waals surface area contributed by atoms with E-state index in [-0.39, 0.29) is 23.5 Å². The van der Waals surface area contributed by atoms with Crippen molar-refractivity contribution in [3.63, 3.8) is 0 Å². The fraction of sp³-hybridized carbons (Fsp3) is 0.316. The van der Waals surface area contributed by atoms with Crippen molar-refractivity contribution in [2.24, 2.45) is 5.92 Å². The Morgan fingerprint density at radius 2 is 1.85 bits per heavy atom. The zero-order valence-electron chi connectivity index (χ0n) is 15.7. The lowest BCUT2D eigenvalue weighted by Crippen LogP contribution is -2.47. The van der Waals surface area contributed by atoms with Crippen LogP contribution in [0.4, 0.5) is 11.4 Å². The third-order valence-corrected chi connectivity index (χ3v) is 3.76. The van der Waals surface area contributed by atoms with Crippen LogP contribution in [-0.4, -0.2) is 30.9 Å². The van der Waals surface area contributed by atoms with Crippen molar-refractivity contribution in [2.45, 2.75) is 26.8 Å². The first-order valence-electron chi connectivity index (χ1n) is 8.42. The lowest BCUT2D eigenvalue weighted by molar-refractivity contribution is -0.119. The van der Waals surface area contributed by atoms with Gasteiger partial charge in [-0.3, -0.25) is 14.4 Å². The molecule has 0 aliphatic carbocycles. The van der Waals surface area contributed by atoms with Crippen molar-refractivity contribution >= 4 is 29.1 Å². The monoisotopic (exact) mass is 373 g/mol. The molecule has 0 saturated heterocycles. The maximum atomic E-state index is 12.7. The largest absolute Gasteiger partial charge is 0.495 e. The first-order valence-corrected chi connectivity index (χ1v) is 8.42. The molecule has 8 heteroatoms. The van der Waals surface area contributed by atoms with Crippen molar-refractivity contribution in [3.05, 3.63) is 42.4 Å². The summed E-state index contributed by atoms with van der Waals surface area (Å²) in [6.45, 7) is 5.02. The van der Waals surface area contributed by atoms with Crippen LogP contribution in [0.15, 0.2) is 41.0 Å². The summed E-state index contributed by atoms with van der Waals surface area (Å²) in [6.07, 6.45) is 1.39. The third kappa shape index (κ3) is 5.34. The van der Waals surface area contributed by atoms with Crippen LogP contribution in [0.1, 0.15) is 31.3 Å². The van der Waals surface area contributed by atoms with E-state index in [0.29, 0.717) is 17.1 Å². The Balaban J connectivity index is 2.15. The summed E-state index contributed by atoms with van der Waals surface area (Å²) < 4.78 is 10.2. The summed E-state index contributed by atoms with van der Waals surface area (Å²) in [5, 5.41) is 8.06. The predicted molar refractivity (Wildman–Crippen MR) is 101 cm³/mol. The highest BCUT2D eigenvalue weighted by molar-refractivity contribution is 6.01. The van der Waals surface area contributed by atoms with Gasteiger partial charge >= 0.3 is 0 Å². The Labute approximate surface area is 157 Å². The molecule has 1 heterocycles. The second-order valence-corrected chi connectivity index (χ2v) is 6.26. The molecule has 0 fully saturated rings. The van der Waals surface area contributed by atoms with Gasteiger partial charge in [0.25, 0.3) is 5.91 Å². The topological polar surface area (TPSA) is 110 Å². The first kappa shape index (κ1) is 20.0. The molecule has 0 saturated carbocycles. The highest BCUT2D eigenvalue weighted by atomic mass is 16.5. The van der Waals surface area contributed by atoms with Crippen LogP contribution < -0.4 is 20.7 Å². The minimum atomic E-state index is -0.770. The molecule has 1 unspecified atom stereocenters. The van der Waals surface area contributed by atoms with E-state index in [1.165, 1.54) is 26.4 Å². The maximum Gasteiger partial charge on any atom is 0.287 e. The van der Waals surface area contributed by atoms with Crippen molar-refractivity contribution in [1.29, 1.82) is 0 Å². The van der Waals surface area contributed by atoms with Crippen LogP contribution in [0.3, 0.4) is 0 Å². The zero-order valence-corrected chi connectivity index (χ0v) is 15.7. The third-order valence-electron chi connectivity index (χ3n) is 3.76. The molecule has 8 nitrogen and oxygen atoms in total. The van der Waals surface area contributed by atoms with Gasteiger partial charge in [0, 0.05) is 12.6 Å². The second-order valence-electron chi connectivity index (χ2n) is 6.26. The summed E-state index contributed by atoms with van der Waals surface area (Å²) in [4.78, 5) is 36.2. The van der Waals surface area contributed by atoms with Crippen molar-refractivity contribution in [3.8, 4) is 5.75 Å². The van der Waals surface area contributed by atoms with Crippen molar-refractivity contribution in [1.82, 2.24) is 5.32 Å². The van der Waals surface area contributed by atoms with Crippen molar-refractivity contribution in [2.75, 3.05) is 17.7 Å². The van der Waals surface area contributed by atoms with Gasteiger partial charge < -0.3 is 25.1 Å². The normalized spacial score (nSPS) is 11.6. The SMILES string of the molecule is COc1ccc(NC(=O)C(NC(=O)c2ccco2)C(C)C)cc1NC(C)=O. The molecule has 2 rings (SSSR count). The number of hydrogen-bond donors (Lipinski definition) is 3. The summed E-state index contributed by atoms with van der Waals surface area (Å²) in [6, 6.07) is 7.22. The van der Waals surface area contributed by atoms with Crippen LogP contribution in [0.5, 0.6) is 5.75 Å². The average molecular weight is 373 g/mol. The lowest BCUT2D eigenvalue weighted by atomic mass is 10.0. The highest BCUT2D eigenvalue weighted by Crippen LogP contribution is 2.28. The van der Waals surface area contributed by atoms with Crippen molar-refractivity contribution < 1.29 is 23.5 Å². The molecule has 27 heavy (non-hydrogen) atoms. The van der Waals surface area contributed by atoms with Gasteiger partial charge in [-0.05, 0) is 36.2 Å². The molecule has 2 aromatic rings. The number of anilines is 2. The Morgan fingerprint density at radius 3 is 2.41 bits per heavy atom. The van der Waals surface area contributed by atoms with E-state index >= 15 is 0 Å². The van der Waals surface area contributed by atoms with Crippen LogP contribution in [0.2, 0.25) is 0 Å². The minimum Gasteiger partial charge on any atom is -0.495 e. The smallest absolute Gasteiger partial charge is 0.287 e. The molecule has 1 aromatic heterocycles. The van der Waals surface area contributed by atoms with Crippen LogP contribution in [0.25, 0.3) is 0 Å². The van der Waals surface area contributed by atoms with E-state index in [4.69, 9.17) is 9.15 Å². The van der Waals surface area contributed by atoms with Gasteiger partial charge in [-0.2, -0.15) is 0 Å². The molecule has 0 aliphatic heterocycles. The van der Waals surface area contributed by atoms with Gasteiger partial charge in [-0.1, -0.05) is 13.8 Å². The van der Waals surface area contributed by atoms with E-state index in [0.717, 1.165) is 0 Å². The number of carbonyl (C=O) groups is 3. The van der Waals surface area contributed by atoms with E-state index in [2.05, 4.69) is 16.0 Å². The number of furan rings is 1. The van der Waals surface area contributed by atoms with E-state index < -0.39 is 11.9 Å². The molecular formula is C19H23N3O5. The molecule has 144 valence electrons. The fourth-order valence-corrected chi connectivity index (χ4v) is 2.45. The number of nitrogens with one attached hydrogen (secondary N) is 3. The predicted octanol–water partition coefficient (Wildman–Crippen LogP) is 2.64. The molecule has 1 aromatic carbocycles. The van der Waals surface area contributed by atoms with Crippen LogP contribution in [0, 0.1) is 5.92 Å². The van der Waals surface area contributed by atoms with Gasteiger partial charge in [-0.15, -0.1) is 0 Å². The number of carbonyl (C=O) groups excluding carboxylic acids is 3. The number of methoxy groups -OCH3 is 1. The summed E-state index contributed by atoms with van der Waals surface area (Å²) in [5.41, 5.74) is 0.894. The number of benzene rings is 1. The highest BCUT2D eigenvalue weighted by Gasteiger charge is 2.26. The fourth-order valence-electron chi connectivity index (χ4n) is 2.45. The molecule has 3 amide bonds. The van der Waals surface area contributed by atoms with Gasteiger partial charge in [0.2, 0.25) is 11.8 Å². The Bertz CT molecular complexity index is 815. The maximum absolute atomic E-state index is 12.7. The van der Waals surface area contributed by atoms with Crippen LogP contribution in [-0.2, 0) is 9.59 Å². The number of rotatable bonds is 7. The average Bonchev–Trinajstić information content (AvgIpc) is 3.13. The van der Waals surface area contributed by atoms with Crippen LogP contribution >= 0.6 is 0 Å². The molecule has 3 N–H and O–H groups in total. The summed E-state index contributed by atoms with van der Waals surface area (Å²) in [7, 11) is 1.48. The van der Waals surface area contributed by atoms with E-state index in [1.54, 1.807) is 24.3 Å². The second kappa shape index (κ2) is 8.88. The number of amides is 3. The standard InChI is InChI=1S/C19H23N3O5/c1-11(2)17(22-18(24)16-6-5-9-27-16)19(25)21-13-7-8-15(26-4)14(10-13)20-12(3)23/h5-11,17H,1-4H3,(H,20,23)(H,21,25)(H,22,24). The van der Waals surface area contributed by atoms with Gasteiger partial charge in [0.1, 0.15) is 11.8 Å². The Kier molecular flexibility index (Phi) is 6.59. The molecule has 0 aliphatic rings. The summed E-state index contributed by atoms with van der Waals surface area (Å²) in [5.74, 6) is -0.675. The summed E-state index contributed by atoms with van der Waals surface area (Å²) >= 11 is 0. The number of hydrogen-bond acceptors (Lipinski definition) is 5. The molecule has 0 radical (unpaired) electrons. The Hall–Kier alpha value is -3.29. The molecule has 1 atom stereocenters. The number of ether oxygens (including phenoxy) is 1. The first-order chi connectivity index (χ1) is 12.8. The lowest BCUT2D eigenvalue weighted by Gasteiger charge is -2.21. The van der Waals surface area contributed by atoms with Gasteiger partial charge in [0.15, 0.2) is 5.76 Å². The zero-order chi connectivity index (χ0) is 20.0. The van der Waals surface area contributed by atoms with Gasteiger partial charge in [-0.25, -0.2) is 0 Å². The van der Waals surface area contributed by atoms with E-state index in [9.17, 15) is 14.4 Å². The minimum absolute atomic E-state index is 0.130. The molecular weight excluding hydrogens is 350 g/mol. The van der Waals surface area contributed by atoms with E-state index in [1.807, 2.05) is 13.8 Å². The molecule has 0 spiro atoms. The quantitative estimate of drug-likeness (QED) is 0.691. The Morgan fingerprint density at radius 1 is 1.11 bits per heavy atom.